The van der Waals surface area contributed by atoms with E-state index >= 15 is 0 Å². The van der Waals surface area contributed by atoms with Crippen LogP contribution in [0.3, 0.4) is 0 Å². The molecule has 0 saturated carbocycles. The molecule has 5 unspecified atom stereocenters. The van der Waals surface area contributed by atoms with Crippen LogP contribution in [0.1, 0.15) is 26.7 Å². The highest BCUT2D eigenvalue weighted by molar-refractivity contribution is 6.20. The van der Waals surface area contributed by atoms with E-state index in [9.17, 15) is 0 Å². The fourth-order valence-electron chi connectivity index (χ4n) is 2.31. The Labute approximate surface area is 85.0 Å². The number of nitrogens with one attached hydrogen (secondary N) is 1. The van der Waals surface area contributed by atoms with Crippen LogP contribution in [-0.2, 0) is 4.74 Å². The van der Waals surface area contributed by atoms with E-state index in [1.54, 1.807) is 0 Å². The first-order valence-electron chi connectivity index (χ1n) is 5.21. The molecule has 2 fully saturated rings. The molecule has 2 rings (SSSR count). The van der Waals surface area contributed by atoms with Crippen molar-refractivity contribution in [2.24, 2.45) is 11.8 Å². The minimum atomic E-state index is 0.195. The molecule has 2 aliphatic heterocycles. The number of hydrogen-bond acceptors (Lipinski definition) is 2. The third kappa shape index (κ3) is 2.17. The lowest BCUT2D eigenvalue weighted by Crippen LogP contribution is -2.39. The smallest absolute Gasteiger partial charge is 0.0867 e. The zero-order valence-electron chi connectivity index (χ0n) is 8.29. The molecule has 2 aliphatic rings. The van der Waals surface area contributed by atoms with Crippen LogP contribution in [0, 0.1) is 11.8 Å². The third-order valence-electron chi connectivity index (χ3n) is 3.41. The number of ether oxygens (including phenoxy) is 1. The van der Waals surface area contributed by atoms with Gasteiger partial charge in [0, 0.05) is 0 Å². The average Bonchev–Trinajstić information content (AvgIpc) is 2.83. The molecule has 2 nitrogen and oxygen atoms in total. The molecular weight excluding hydrogens is 186 g/mol. The van der Waals surface area contributed by atoms with E-state index in [4.69, 9.17) is 16.3 Å². The maximum absolute atomic E-state index is 5.97. The fourth-order valence-corrected chi connectivity index (χ4v) is 2.53. The van der Waals surface area contributed by atoms with Gasteiger partial charge in [0.15, 0.2) is 0 Å². The highest BCUT2D eigenvalue weighted by Crippen LogP contribution is 2.36. The summed E-state index contributed by atoms with van der Waals surface area (Å²) in [7, 11) is 0. The van der Waals surface area contributed by atoms with E-state index in [1.165, 1.54) is 6.42 Å². The van der Waals surface area contributed by atoms with Crippen molar-refractivity contribution in [3.8, 4) is 0 Å². The Balaban J connectivity index is 1.80. The van der Waals surface area contributed by atoms with Gasteiger partial charge in [-0.05, 0) is 38.1 Å². The predicted molar refractivity (Wildman–Crippen MR) is 53.9 cm³/mol. The van der Waals surface area contributed by atoms with Crippen LogP contribution >= 0.6 is 11.6 Å². The summed E-state index contributed by atoms with van der Waals surface area (Å²) >= 11 is 5.97. The van der Waals surface area contributed by atoms with Gasteiger partial charge >= 0.3 is 0 Å². The maximum Gasteiger partial charge on any atom is 0.0867 e. The molecule has 0 radical (unpaired) electrons. The summed E-state index contributed by atoms with van der Waals surface area (Å²) in [6.45, 7) is 5.51. The van der Waals surface area contributed by atoms with Crippen molar-refractivity contribution in [2.75, 3.05) is 6.54 Å². The molecule has 0 amide bonds. The second-order valence-electron chi connectivity index (χ2n) is 4.38. The number of epoxide rings is 1. The van der Waals surface area contributed by atoms with Gasteiger partial charge in [-0.2, -0.15) is 0 Å². The number of alkyl halides is 1. The molecule has 0 aromatic rings. The maximum atomic E-state index is 5.97. The molecule has 2 saturated heterocycles. The van der Waals surface area contributed by atoms with Gasteiger partial charge in [0.05, 0.1) is 17.7 Å². The van der Waals surface area contributed by atoms with Crippen LogP contribution in [0.25, 0.3) is 0 Å². The van der Waals surface area contributed by atoms with E-state index in [2.05, 4.69) is 19.2 Å². The summed E-state index contributed by atoms with van der Waals surface area (Å²) in [5, 5.41) is 3.32. The molecule has 0 spiro atoms. The lowest BCUT2D eigenvalue weighted by molar-refractivity contribution is 0.219. The van der Waals surface area contributed by atoms with Crippen LogP contribution in [0.2, 0.25) is 0 Å². The Morgan fingerprint density at radius 2 is 2.15 bits per heavy atom. The fraction of sp³-hybridized carbons (Fsp3) is 1.00. The van der Waals surface area contributed by atoms with E-state index < -0.39 is 0 Å². The van der Waals surface area contributed by atoms with Gasteiger partial charge in [0.2, 0.25) is 0 Å². The molecule has 0 aromatic carbocycles. The molecule has 3 heteroatoms. The monoisotopic (exact) mass is 203 g/mol. The van der Waals surface area contributed by atoms with Gasteiger partial charge in [0.25, 0.3) is 0 Å². The Morgan fingerprint density at radius 1 is 1.46 bits per heavy atom. The van der Waals surface area contributed by atoms with Gasteiger partial charge in [-0.25, -0.2) is 0 Å². The van der Waals surface area contributed by atoms with Crippen molar-refractivity contribution >= 4 is 11.6 Å². The Morgan fingerprint density at radius 3 is 2.62 bits per heavy atom. The van der Waals surface area contributed by atoms with E-state index in [0.29, 0.717) is 18.1 Å². The van der Waals surface area contributed by atoms with Crippen molar-refractivity contribution in [1.82, 2.24) is 5.32 Å². The van der Waals surface area contributed by atoms with E-state index in [0.717, 1.165) is 18.9 Å². The molecule has 2 heterocycles. The van der Waals surface area contributed by atoms with Crippen molar-refractivity contribution < 1.29 is 4.74 Å². The van der Waals surface area contributed by atoms with Crippen LogP contribution in [-0.4, -0.2) is 24.3 Å². The van der Waals surface area contributed by atoms with Crippen LogP contribution in [0.15, 0.2) is 0 Å². The van der Waals surface area contributed by atoms with Crippen LogP contribution in [0.5, 0.6) is 0 Å². The number of rotatable bonds is 2. The first-order valence-corrected chi connectivity index (χ1v) is 5.65. The SMILES string of the molecule is CC1OC1C(C)C1CCC(Cl)NC1. The number of hydrogen-bond donors (Lipinski definition) is 1. The summed E-state index contributed by atoms with van der Waals surface area (Å²) in [5.41, 5.74) is 0.195. The molecule has 0 bridgehead atoms. The summed E-state index contributed by atoms with van der Waals surface area (Å²) < 4.78 is 5.50. The van der Waals surface area contributed by atoms with Gasteiger partial charge in [0.1, 0.15) is 0 Å². The van der Waals surface area contributed by atoms with Crippen molar-refractivity contribution in [2.45, 2.75) is 44.4 Å². The lowest BCUT2D eigenvalue weighted by atomic mass is 9.84. The minimum Gasteiger partial charge on any atom is -0.370 e. The lowest BCUT2D eigenvalue weighted by Gasteiger charge is -2.30. The largest absolute Gasteiger partial charge is 0.370 e. The average molecular weight is 204 g/mol. The van der Waals surface area contributed by atoms with Gasteiger partial charge < -0.3 is 10.1 Å². The second kappa shape index (κ2) is 3.76. The van der Waals surface area contributed by atoms with Crippen LogP contribution in [0.4, 0.5) is 0 Å². The first-order chi connectivity index (χ1) is 6.18. The highest BCUT2D eigenvalue weighted by atomic mass is 35.5. The summed E-state index contributed by atoms with van der Waals surface area (Å²) in [4.78, 5) is 0. The molecule has 0 aliphatic carbocycles. The summed E-state index contributed by atoms with van der Waals surface area (Å²) in [5.74, 6) is 1.44. The molecule has 0 aromatic heterocycles. The van der Waals surface area contributed by atoms with Gasteiger partial charge in [-0.15, -0.1) is 11.6 Å². The molecule has 5 atom stereocenters. The zero-order chi connectivity index (χ0) is 9.42. The highest BCUT2D eigenvalue weighted by Gasteiger charge is 2.42. The molecule has 13 heavy (non-hydrogen) atoms. The Hall–Kier alpha value is 0.210. The topological polar surface area (TPSA) is 24.6 Å². The zero-order valence-corrected chi connectivity index (χ0v) is 9.05. The summed E-state index contributed by atoms with van der Waals surface area (Å²) in [6.07, 6.45) is 3.34. The molecule has 1 N–H and O–H groups in total. The van der Waals surface area contributed by atoms with E-state index in [-0.39, 0.29) is 5.50 Å². The Kier molecular flexibility index (Phi) is 2.82. The normalized spacial score (nSPS) is 47.3. The molecule has 76 valence electrons. The van der Waals surface area contributed by atoms with E-state index in [1.807, 2.05) is 0 Å². The predicted octanol–water partition coefficient (Wildman–Crippen LogP) is 1.97. The number of piperidine rings is 1. The Bertz CT molecular complexity index is 180. The van der Waals surface area contributed by atoms with Crippen LogP contribution < -0.4 is 5.32 Å². The first kappa shape index (κ1) is 9.75. The van der Waals surface area contributed by atoms with Gasteiger partial charge in [-0.1, -0.05) is 6.92 Å². The third-order valence-corrected chi connectivity index (χ3v) is 3.78. The van der Waals surface area contributed by atoms with Crippen molar-refractivity contribution in [3.63, 3.8) is 0 Å². The second-order valence-corrected chi connectivity index (χ2v) is 4.90. The van der Waals surface area contributed by atoms with Gasteiger partial charge in [-0.3, -0.25) is 0 Å². The number of halogens is 1. The summed E-state index contributed by atoms with van der Waals surface area (Å²) in [6, 6.07) is 0. The van der Waals surface area contributed by atoms with Crippen molar-refractivity contribution in [1.29, 1.82) is 0 Å². The standard InChI is InChI=1S/C10H18ClNO/c1-6(10-7(2)13-10)8-3-4-9(11)12-5-8/h6-10,12H,3-5H2,1-2H3. The molecular formula is C10H18ClNO. The quantitative estimate of drug-likeness (QED) is 0.422. The van der Waals surface area contributed by atoms with Crippen molar-refractivity contribution in [3.05, 3.63) is 0 Å². The minimum absolute atomic E-state index is 0.195.